The molecule has 0 bridgehead atoms. The van der Waals surface area contributed by atoms with Gasteiger partial charge in [-0.25, -0.2) is 9.97 Å². The smallest absolute Gasteiger partial charge is 0.225 e. The van der Waals surface area contributed by atoms with Gasteiger partial charge in [0.1, 0.15) is 17.3 Å². The van der Waals surface area contributed by atoms with E-state index in [1.54, 1.807) is 6.33 Å². The minimum absolute atomic E-state index is 0.255. The van der Waals surface area contributed by atoms with E-state index in [9.17, 15) is 0 Å². The Balaban J connectivity index is 1.25. The number of nitrogens with zero attached hydrogens (tertiary/aromatic N) is 3. The Morgan fingerprint density at radius 3 is 2.49 bits per heavy atom. The topological polar surface area (TPSA) is 47.5 Å². The SMILES string of the molecule is CC(C)(C)[Si](C)(C)OCC[C@H]1CCc2sc3ncnc(OC4CCC(N5CCCCC5)CC4)c3c21. The molecule has 2 aromatic rings. The molecule has 0 amide bonds. The van der Waals surface area contributed by atoms with E-state index in [4.69, 9.17) is 9.16 Å². The summed E-state index contributed by atoms with van der Waals surface area (Å²) in [6.45, 7) is 15.1. The molecule has 1 saturated heterocycles. The third-order valence-electron chi connectivity index (χ3n) is 9.26. The predicted octanol–water partition coefficient (Wildman–Crippen LogP) is 7.31. The fraction of sp³-hybridized carbons (Fsp3) is 0.786. The molecule has 0 aromatic carbocycles. The van der Waals surface area contributed by atoms with Crippen molar-refractivity contribution in [1.82, 2.24) is 14.9 Å². The maximum atomic E-state index is 6.65. The van der Waals surface area contributed by atoms with Crippen LogP contribution >= 0.6 is 11.3 Å². The monoisotopic (exact) mass is 515 g/mol. The van der Waals surface area contributed by atoms with E-state index in [1.165, 1.54) is 67.4 Å². The second kappa shape index (κ2) is 10.4. The Morgan fingerprint density at radius 2 is 1.77 bits per heavy atom. The van der Waals surface area contributed by atoms with Crippen LogP contribution in [0.4, 0.5) is 0 Å². The van der Waals surface area contributed by atoms with Crippen LogP contribution in [-0.4, -0.2) is 55.0 Å². The summed E-state index contributed by atoms with van der Waals surface area (Å²) < 4.78 is 13.2. The van der Waals surface area contributed by atoms with Gasteiger partial charge in [0.2, 0.25) is 5.88 Å². The fourth-order valence-electron chi connectivity index (χ4n) is 6.06. The largest absolute Gasteiger partial charge is 0.474 e. The molecule has 1 saturated carbocycles. The van der Waals surface area contributed by atoms with Crippen LogP contribution in [-0.2, 0) is 10.8 Å². The molecule has 2 aliphatic carbocycles. The normalized spacial score (nSPS) is 26.3. The Labute approximate surface area is 217 Å². The second-order valence-corrected chi connectivity index (χ2v) is 18.5. The molecule has 0 N–H and O–H groups in total. The van der Waals surface area contributed by atoms with Gasteiger partial charge in [-0.15, -0.1) is 11.3 Å². The van der Waals surface area contributed by atoms with Crippen molar-refractivity contribution in [2.45, 2.75) is 121 Å². The van der Waals surface area contributed by atoms with Crippen molar-refractivity contribution in [1.29, 1.82) is 0 Å². The number of fused-ring (bicyclic) bond motifs is 3. The molecular formula is C28H45N3O2SSi. The summed E-state index contributed by atoms with van der Waals surface area (Å²) in [7, 11) is -1.72. The minimum atomic E-state index is -1.72. The van der Waals surface area contributed by atoms with Gasteiger partial charge in [-0.1, -0.05) is 27.2 Å². The van der Waals surface area contributed by atoms with Crippen molar-refractivity contribution in [3.8, 4) is 5.88 Å². The van der Waals surface area contributed by atoms with Gasteiger partial charge >= 0.3 is 0 Å². The number of piperidine rings is 1. The van der Waals surface area contributed by atoms with Crippen LogP contribution < -0.4 is 4.74 Å². The zero-order valence-electron chi connectivity index (χ0n) is 22.6. The molecule has 0 radical (unpaired) electrons. The zero-order chi connectivity index (χ0) is 24.6. The molecule has 3 aliphatic rings. The van der Waals surface area contributed by atoms with Crippen LogP contribution in [0.15, 0.2) is 6.33 Å². The van der Waals surface area contributed by atoms with Crippen molar-refractivity contribution in [3.63, 3.8) is 0 Å². The fourth-order valence-corrected chi connectivity index (χ4v) is 8.35. The maximum Gasteiger partial charge on any atom is 0.225 e. The van der Waals surface area contributed by atoms with Crippen LogP contribution in [0.1, 0.15) is 94.9 Å². The van der Waals surface area contributed by atoms with E-state index in [0.717, 1.165) is 49.0 Å². The van der Waals surface area contributed by atoms with E-state index >= 15 is 0 Å². The molecule has 1 atom stereocenters. The lowest BCUT2D eigenvalue weighted by atomic mass is 9.90. The molecule has 0 unspecified atom stereocenters. The van der Waals surface area contributed by atoms with Crippen LogP contribution in [0.25, 0.3) is 10.2 Å². The highest BCUT2D eigenvalue weighted by Crippen LogP contribution is 2.48. The van der Waals surface area contributed by atoms with Gasteiger partial charge in [-0.3, -0.25) is 0 Å². The van der Waals surface area contributed by atoms with E-state index in [1.807, 2.05) is 11.3 Å². The number of rotatable bonds is 7. The average Bonchev–Trinajstić information content (AvgIpc) is 3.39. The highest BCUT2D eigenvalue weighted by molar-refractivity contribution is 7.19. The van der Waals surface area contributed by atoms with E-state index in [2.05, 4.69) is 48.7 Å². The van der Waals surface area contributed by atoms with E-state index in [-0.39, 0.29) is 11.1 Å². The van der Waals surface area contributed by atoms with Gasteiger partial charge in [-0.05, 0) is 100 Å². The van der Waals surface area contributed by atoms with Crippen molar-refractivity contribution in [2.75, 3.05) is 19.7 Å². The molecule has 5 rings (SSSR count). The molecule has 2 aromatic heterocycles. The van der Waals surface area contributed by atoms with Gasteiger partial charge in [0.05, 0.1) is 5.39 Å². The molecule has 1 aliphatic heterocycles. The standard InChI is InChI=1S/C28H45N3O2SSi/c1-28(2,3)35(4,5)32-18-15-20-9-14-23-24(20)25-26(29-19-30-27(25)34-23)33-22-12-10-21(11-13-22)31-16-7-6-8-17-31/h19-22H,6-18H2,1-5H3/t20-,21?,22?/m1/s1. The highest BCUT2D eigenvalue weighted by atomic mass is 32.1. The van der Waals surface area contributed by atoms with Crippen molar-refractivity contribution in [2.24, 2.45) is 0 Å². The first kappa shape index (κ1) is 25.6. The Morgan fingerprint density at radius 1 is 1.03 bits per heavy atom. The highest BCUT2D eigenvalue weighted by Gasteiger charge is 2.38. The summed E-state index contributed by atoms with van der Waals surface area (Å²) in [6, 6.07) is 0.760. The van der Waals surface area contributed by atoms with Crippen molar-refractivity contribution in [3.05, 3.63) is 16.8 Å². The van der Waals surface area contributed by atoms with Gasteiger partial charge < -0.3 is 14.1 Å². The maximum absolute atomic E-state index is 6.65. The van der Waals surface area contributed by atoms with Crippen LogP contribution in [0, 0.1) is 0 Å². The summed E-state index contributed by atoms with van der Waals surface area (Å²) in [4.78, 5) is 14.7. The van der Waals surface area contributed by atoms with Crippen molar-refractivity contribution >= 4 is 29.9 Å². The first-order valence-corrected chi connectivity index (χ1v) is 17.8. The summed E-state index contributed by atoms with van der Waals surface area (Å²) in [5.74, 6) is 1.37. The molecule has 3 heterocycles. The van der Waals surface area contributed by atoms with Crippen molar-refractivity contribution < 1.29 is 9.16 Å². The van der Waals surface area contributed by atoms with Crippen LogP contribution in [0.2, 0.25) is 18.1 Å². The number of ether oxygens (including phenoxy) is 1. The molecular weight excluding hydrogens is 470 g/mol. The number of hydrogen-bond acceptors (Lipinski definition) is 6. The van der Waals surface area contributed by atoms with Crippen LogP contribution in [0.5, 0.6) is 5.88 Å². The van der Waals surface area contributed by atoms with Gasteiger partial charge in [0.25, 0.3) is 0 Å². The number of aryl methyl sites for hydroxylation is 1. The van der Waals surface area contributed by atoms with E-state index < -0.39 is 8.32 Å². The molecule has 5 nitrogen and oxygen atoms in total. The summed E-state index contributed by atoms with van der Waals surface area (Å²) >= 11 is 1.86. The van der Waals surface area contributed by atoms with E-state index in [0.29, 0.717) is 5.92 Å². The Hall–Kier alpha value is -1.02. The molecule has 0 spiro atoms. The number of likely N-dealkylation sites (tertiary alicyclic amines) is 1. The Kier molecular flexibility index (Phi) is 7.60. The average molecular weight is 516 g/mol. The lowest BCUT2D eigenvalue weighted by Gasteiger charge is -2.38. The lowest BCUT2D eigenvalue weighted by molar-refractivity contribution is 0.0756. The minimum Gasteiger partial charge on any atom is -0.474 e. The summed E-state index contributed by atoms with van der Waals surface area (Å²) in [6.07, 6.45) is 14.4. The second-order valence-electron chi connectivity index (χ2n) is 12.6. The predicted molar refractivity (Wildman–Crippen MR) is 148 cm³/mol. The quantitative estimate of drug-likeness (QED) is 0.362. The van der Waals surface area contributed by atoms with Gasteiger partial charge in [0, 0.05) is 17.5 Å². The third kappa shape index (κ3) is 5.48. The number of aromatic nitrogens is 2. The third-order valence-corrected chi connectivity index (χ3v) is 15.0. The molecule has 7 heteroatoms. The summed E-state index contributed by atoms with van der Waals surface area (Å²) in [5.41, 5.74) is 1.47. The van der Waals surface area contributed by atoms with Gasteiger partial charge in [0.15, 0.2) is 8.32 Å². The Bertz CT molecular complexity index is 1000. The lowest BCUT2D eigenvalue weighted by Crippen LogP contribution is -2.42. The summed E-state index contributed by atoms with van der Waals surface area (Å²) in [5, 5.41) is 1.46. The zero-order valence-corrected chi connectivity index (χ0v) is 24.4. The first-order valence-electron chi connectivity index (χ1n) is 14.0. The molecule has 2 fully saturated rings. The molecule has 194 valence electrons. The molecule has 35 heavy (non-hydrogen) atoms. The number of thiophene rings is 1. The number of hydrogen-bond donors (Lipinski definition) is 0. The van der Waals surface area contributed by atoms with Gasteiger partial charge in [-0.2, -0.15) is 0 Å². The first-order chi connectivity index (χ1) is 16.7. The van der Waals surface area contributed by atoms with Crippen LogP contribution in [0.3, 0.4) is 0 Å².